The van der Waals surface area contributed by atoms with Crippen LogP contribution in [-0.4, -0.2) is 179 Å². The zero-order valence-electron chi connectivity index (χ0n) is 56.2. The summed E-state index contributed by atoms with van der Waals surface area (Å²) in [5.74, 6) is -4.43. The molecule has 103 heavy (non-hydrogen) atoms. The van der Waals surface area contributed by atoms with Gasteiger partial charge in [-0.25, -0.2) is 0 Å². The van der Waals surface area contributed by atoms with Crippen LogP contribution in [0.15, 0.2) is 108 Å². The molecule has 4 saturated heterocycles. The van der Waals surface area contributed by atoms with Crippen LogP contribution in [0.4, 0.5) is 64.1 Å². The summed E-state index contributed by atoms with van der Waals surface area (Å²) in [6.07, 6.45) is -14.3. The van der Waals surface area contributed by atoms with Crippen molar-refractivity contribution in [3.63, 3.8) is 0 Å². The molecule has 4 fully saturated rings. The molecule has 10 rings (SSSR count). The van der Waals surface area contributed by atoms with E-state index in [2.05, 4.69) is 20.6 Å². The summed E-state index contributed by atoms with van der Waals surface area (Å²) >= 11 is 0.778. The first-order chi connectivity index (χ1) is 48.9. The number of rotatable bonds is 21. The number of alkyl halides is 12. The number of aromatic nitrogens is 2. The first kappa shape index (κ1) is 78.4. The van der Waals surface area contributed by atoms with Crippen molar-refractivity contribution in [1.82, 2.24) is 40.2 Å². The fourth-order valence-corrected chi connectivity index (χ4v) is 15.0. The van der Waals surface area contributed by atoms with Crippen molar-refractivity contribution in [1.29, 1.82) is 0 Å². The van der Waals surface area contributed by atoms with Gasteiger partial charge in [-0.3, -0.25) is 38.7 Å². The van der Waals surface area contributed by atoms with E-state index in [0.717, 1.165) is 70.2 Å². The van der Waals surface area contributed by atoms with Gasteiger partial charge in [0.15, 0.2) is 0 Å². The molecular weight excluding hydrogens is 1420 g/mol. The number of hydrogen-bond acceptors (Lipinski definition) is 16. The van der Waals surface area contributed by atoms with Crippen LogP contribution in [0, 0.1) is 0 Å². The Kier molecular flexibility index (Phi) is 25.4. The van der Waals surface area contributed by atoms with Gasteiger partial charge in [-0.05, 0) is 61.1 Å². The van der Waals surface area contributed by atoms with Crippen LogP contribution < -0.4 is 29.9 Å². The largest absolute Gasteiger partial charge is 0.474 e. The highest BCUT2D eigenvalue weighted by atomic mass is 32.1. The second-order valence-electron chi connectivity index (χ2n) is 24.9. The van der Waals surface area contributed by atoms with Crippen LogP contribution in [0.1, 0.15) is 118 Å². The Morgan fingerprint density at radius 3 is 1.28 bits per heavy atom. The molecular formula is C69H76F12N10O10S2. The number of piperidine rings is 2. The number of benzene rings is 2. The highest BCUT2D eigenvalue weighted by Gasteiger charge is 2.58. The highest BCUT2D eigenvalue weighted by Crippen LogP contribution is 2.46. The van der Waals surface area contributed by atoms with Crippen LogP contribution in [0.5, 0.6) is 11.5 Å². The van der Waals surface area contributed by atoms with Gasteiger partial charge in [0.05, 0.1) is 34.3 Å². The van der Waals surface area contributed by atoms with Crippen molar-refractivity contribution in [3.05, 3.63) is 151 Å². The smallest absolute Gasteiger partial charge is 0.425 e. The van der Waals surface area contributed by atoms with Crippen molar-refractivity contribution in [3.8, 4) is 11.5 Å². The van der Waals surface area contributed by atoms with E-state index >= 15 is 0 Å². The van der Waals surface area contributed by atoms with E-state index < -0.39 is 116 Å². The maximum atomic E-state index is 14.8. The fraction of sp³-hybridized carbons (Fsp3) is 0.478. The third-order valence-electron chi connectivity index (χ3n) is 18.3. The lowest BCUT2D eigenvalue weighted by Crippen LogP contribution is -2.69. The van der Waals surface area contributed by atoms with E-state index in [1.807, 2.05) is 52.3 Å². The molecule has 558 valence electrons. The average molecular weight is 1500 g/mol. The number of pyridine rings is 2. The molecule has 6 amide bonds. The molecule has 4 aliphatic heterocycles. The van der Waals surface area contributed by atoms with E-state index in [4.69, 9.17) is 19.3 Å². The number of likely N-dealkylation sites (tertiary alicyclic amines) is 2. The van der Waals surface area contributed by atoms with Gasteiger partial charge in [0, 0.05) is 158 Å². The number of piperazine rings is 2. The van der Waals surface area contributed by atoms with Crippen molar-refractivity contribution in [2.75, 3.05) is 95.6 Å². The molecule has 0 spiro atoms. The number of halogens is 12. The molecule has 4 aliphatic rings. The minimum absolute atomic E-state index is 0.00298. The van der Waals surface area contributed by atoms with Crippen molar-refractivity contribution < 1.29 is 101 Å². The van der Waals surface area contributed by atoms with Crippen molar-refractivity contribution in [2.24, 2.45) is 0 Å². The minimum Gasteiger partial charge on any atom is -0.474 e. The standard InChI is InChI=1S/C35H39F6N5O5S.C34H37F6N5O5S/c1-3-7-28-33(51-24-18-29(52-22-24)35(39,40)41,11-6-13-46(28)31(48)25-20-42-12-10-26(25)34(36,37)38)32(49)45-16-14-44(15-17-45)27-9-5-4-8-23(27)19-43-30(47)21-50-2;1-2-6-27-32(50-23-17-28(51-21-23)34(38,39)40,10-5-12-45(27)30(48)24-19-41-11-9-25(24)33(35,36)37)31(49)44-15-13-43(14-16-44)26-8-4-3-7-22(26)18-42-29(47)20-46/h4-5,8-10,12,18,20,22,28H,3,6-7,11,13-17,19,21H2,1-2H3,(H,43,47);3-4,7-9,11,17,19,21,27,46H,2,5-6,10,12-16,18,20H2,1H3,(H,42,47)/t28-,33+;27-,32+/m11/s1. The molecule has 0 saturated carbocycles. The van der Waals surface area contributed by atoms with Crippen molar-refractivity contribution in [2.45, 2.75) is 126 Å². The third kappa shape index (κ3) is 18.2. The van der Waals surface area contributed by atoms with Crippen LogP contribution in [0.25, 0.3) is 0 Å². The highest BCUT2D eigenvalue weighted by molar-refractivity contribution is 7.10. The number of aliphatic hydroxyl groups excluding tert-OH is 1. The maximum absolute atomic E-state index is 14.8. The second-order valence-corrected chi connectivity index (χ2v) is 26.7. The molecule has 34 heteroatoms. The number of ether oxygens (including phenoxy) is 3. The lowest BCUT2D eigenvalue weighted by molar-refractivity contribution is -0.160. The fourth-order valence-electron chi connectivity index (χ4n) is 13.6. The Morgan fingerprint density at radius 2 is 0.932 bits per heavy atom. The molecule has 6 aromatic rings. The first-order valence-electron chi connectivity index (χ1n) is 33.1. The number of amides is 6. The van der Waals surface area contributed by atoms with Gasteiger partial charge in [-0.1, -0.05) is 63.1 Å². The Morgan fingerprint density at radius 1 is 0.544 bits per heavy atom. The Hall–Kier alpha value is -8.76. The summed E-state index contributed by atoms with van der Waals surface area (Å²) in [5, 5.41) is 16.8. The number of aliphatic hydroxyl groups is 1. The summed E-state index contributed by atoms with van der Waals surface area (Å²) in [6, 6.07) is 15.5. The van der Waals surface area contributed by atoms with Crippen LogP contribution in [-0.2, 0) is 61.7 Å². The van der Waals surface area contributed by atoms with E-state index in [1.165, 1.54) is 21.8 Å². The maximum Gasteiger partial charge on any atom is 0.425 e. The summed E-state index contributed by atoms with van der Waals surface area (Å²) in [4.78, 5) is 96.4. The molecule has 0 radical (unpaired) electrons. The Balaban J connectivity index is 0.000000239. The number of thiophene rings is 2. The number of nitrogens with one attached hydrogen (secondary N) is 2. The molecule has 20 nitrogen and oxygen atoms in total. The van der Waals surface area contributed by atoms with Gasteiger partial charge in [-0.15, -0.1) is 22.7 Å². The topological polar surface area (TPSA) is 220 Å². The summed E-state index contributed by atoms with van der Waals surface area (Å²) in [7, 11) is 1.42. The number of carbonyl (C=O) groups excluding carboxylic acids is 6. The molecule has 8 heterocycles. The number of anilines is 2. The van der Waals surface area contributed by atoms with Gasteiger partial charge in [0.1, 0.15) is 34.5 Å². The third-order valence-corrected chi connectivity index (χ3v) is 20.2. The lowest BCUT2D eigenvalue weighted by Gasteiger charge is -2.51. The molecule has 0 unspecified atom stereocenters. The molecule has 0 bridgehead atoms. The second kappa shape index (κ2) is 33.3. The predicted molar refractivity (Wildman–Crippen MR) is 355 cm³/mol. The molecule has 0 aliphatic carbocycles. The number of hydrogen-bond donors (Lipinski definition) is 3. The van der Waals surface area contributed by atoms with E-state index in [0.29, 0.717) is 73.8 Å². The average Bonchev–Trinajstić information content (AvgIpc) is 1.47. The molecule has 3 N–H and O–H groups in total. The van der Waals surface area contributed by atoms with Crippen molar-refractivity contribution >= 4 is 69.5 Å². The molecule has 2 aromatic carbocycles. The summed E-state index contributed by atoms with van der Waals surface area (Å²) in [6.45, 7) is 5.21. The SMILES string of the molecule is CCC[C@H]1N(C(=O)c2cnccc2C(F)(F)F)CCC[C@@]1(Oc1csc(C(F)(F)F)c1)C(=O)N1CCN(c2ccccc2CNC(=O)CO)CC1.CCC[C@H]1N(C(=O)c2cnccc2C(F)(F)F)CCC[C@@]1(Oc1csc(C(F)(F)F)c1)C(=O)N1CCN(c2ccccc2CNC(=O)COC)CC1. The van der Waals surface area contributed by atoms with E-state index in [-0.39, 0.29) is 115 Å². The first-order valence-corrected chi connectivity index (χ1v) is 34.9. The lowest BCUT2D eigenvalue weighted by atomic mass is 9.79. The van der Waals surface area contributed by atoms with Crippen LogP contribution in [0.3, 0.4) is 0 Å². The van der Waals surface area contributed by atoms with Gasteiger partial charge in [0.25, 0.3) is 23.6 Å². The van der Waals surface area contributed by atoms with Gasteiger partial charge < -0.3 is 59.4 Å². The normalized spacial score (nSPS) is 19.8. The van der Waals surface area contributed by atoms with Gasteiger partial charge in [0.2, 0.25) is 23.0 Å². The number of methoxy groups -OCH3 is 1. The monoisotopic (exact) mass is 1500 g/mol. The van der Waals surface area contributed by atoms with Crippen LogP contribution >= 0.6 is 22.7 Å². The van der Waals surface area contributed by atoms with Crippen LogP contribution in [0.2, 0.25) is 0 Å². The molecule has 4 aromatic heterocycles. The van der Waals surface area contributed by atoms with E-state index in [1.54, 1.807) is 24.8 Å². The molecule has 4 atom stereocenters. The Bertz CT molecular complexity index is 3940. The number of para-hydroxylation sites is 2. The number of nitrogens with zero attached hydrogens (tertiary/aromatic N) is 8. The summed E-state index contributed by atoms with van der Waals surface area (Å²) in [5.41, 5.74) is -4.35. The Labute approximate surface area is 592 Å². The van der Waals surface area contributed by atoms with Gasteiger partial charge in [-0.2, -0.15) is 52.7 Å². The zero-order valence-corrected chi connectivity index (χ0v) is 57.8. The summed E-state index contributed by atoms with van der Waals surface area (Å²) < 4.78 is 183. The predicted octanol–water partition coefficient (Wildman–Crippen LogP) is 11.4. The zero-order chi connectivity index (χ0) is 74.7. The van der Waals surface area contributed by atoms with Gasteiger partial charge >= 0.3 is 24.7 Å². The quantitative estimate of drug-likeness (QED) is 0.0571. The minimum atomic E-state index is -4.87. The van der Waals surface area contributed by atoms with E-state index in [9.17, 15) is 81.5 Å². The number of carbonyl (C=O) groups is 6.